The zero-order chi connectivity index (χ0) is 14.6. The van der Waals surface area contributed by atoms with Gasteiger partial charge in [0.05, 0.1) is 0 Å². The van der Waals surface area contributed by atoms with Crippen LogP contribution in [0.4, 0.5) is 4.39 Å². The zero-order valence-electron chi connectivity index (χ0n) is 13.0. The van der Waals surface area contributed by atoms with Gasteiger partial charge in [-0.05, 0) is 51.1 Å². The van der Waals surface area contributed by atoms with Crippen LogP contribution >= 0.6 is 0 Å². The molecular formula is C17H27FN2. The summed E-state index contributed by atoms with van der Waals surface area (Å²) in [6.07, 6.45) is 6.12. The van der Waals surface area contributed by atoms with Crippen LogP contribution in [0.1, 0.15) is 50.6 Å². The van der Waals surface area contributed by atoms with Crippen molar-refractivity contribution < 1.29 is 4.39 Å². The number of halogens is 1. The van der Waals surface area contributed by atoms with Gasteiger partial charge in [-0.2, -0.15) is 0 Å². The van der Waals surface area contributed by atoms with Gasteiger partial charge < -0.3 is 10.2 Å². The van der Waals surface area contributed by atoms with Gasteiger partial charge in [-0.1, -0.05) is 31.9 Å². The van der Waals surface area contributed by atoms with Crippen LogP contribution in [0.3, 0.4) is 0 Å². The van der Waals surface area contributed by atoms with E-state index in [1.165, 1.54) is 31.7 Å². The molecule has 1 N–H and O–H groups in total. The smallest absolute Gasteiger partial charge is 0.123 e. The van der Waals surface area contributed by atoms with Gasteiger partial charge in [0, 0.05) is 18.1 Å². The molecular weight excluding hydrogens is 251 g/mol. The molecule has 2 rings (SSSR count). The number of hydrogen-bond donors (Lipinski definition) is 1. The molecule has 1 aromatic carbocycles. The van der Waals surface area contributed by atoms with Crippen LogP contribution in [-0.2, 0) is 0 Å². The van der Waals surface area contributed by atoms with E-state index >= 15 is 0 Å². The predicted octanol–water partition coefficient (Wildman–Crippen LogP) is 3.74. The van der Waals surface area contributed by atoms with Crippen LogP contribution in [-0.4, -0.2) is 31.1 Å². The Kier molecular flexibility index (Phi) is 5.17. The minimum absolute atomic E-state index is 0.147. The lowest BCUT2D eigenvalue weighted by Crippen LogP contribution is -2.50. The molecule has 1 aliphatic rings. The third kappa shape index (κ3) is 3.39. The fourth-order valence-corrected chi connectivity index (χ4v) is 3.35. The Morgan fingerprint density at radius 1 is 1.30 bits per heavy atom. The van der Waals surface area contributed by atoms with Gasteiger partial charge >= 0.3 is 0 Å². The molecule has 1 aromatic rings. The Labute approximate surface area is 122 Å². The molecule has 20 heavy (non-hydrogen) atoms. The second kappa shape index (κ2) is 6.68. The van der Waals surface area contributed by atoms with Crippen molar-refractivity contribution in [3.8, 4) is 0 Å². The molecule has 3 heteroatoms. The monoisotopic (exact) mass is 278 g/mol. The van der Waals surface area contributed by atoms with E-state index in [4.69, 9.17) is 0 Å². The molecule has 0 spiro atoms. The summed E-state index contributed by atoms with van der Waals surface area (Å²) in [6, 6.07) is 7.21. The average Bonchev–Trinajstić information content (AvgIpc) is 2.90. The molecule has 0 radical (unpaired) electrons. The van der Waals surface area contributed by atoms with Gasteiger partial charge in [0.25, 0.3) is 0 Å². The lowest BCUT2D eigenvalue weighted by Gasteiger charge is -2.38. The third-order valence-corrected chi connectivity index (χ3v) is 4.82. The summed E-state index contributed by atoms with van der Waals surface area (Å²) in [5.41, 5.74) is 1.33. The van der Waals surface area contributed by atoms with Crippen LogP contribution < -0.4 is 5.32 Å². The molecule has 1 atom stereocenters. The zero-order valence-corrected chi connectivity index (χ0v) is 13.0. The van der Waals surface area contributed by atoms with Crippen molar-refractivity contribution >= 4 is 0 Å². The molecule has 2 nitrogen and oxygen atoms in total. The number of likely N-dealkylation sites (N-methyl/N-ethyl adjacent to an activating group) is 1. The number of nitrogens with one attached hydrogen (secondary N) is 1. The molecule has 0 heterocycles. The minimum atomic E-state index is -0.147. The molecule has 1 aliphatic carbocycles. The molecule has 1 saturated carbocycles. The van der Waals surface area contributed by atoms with Gasteiger partial charge in [0.1, 0.15) is 5.82 Å². The summed E-state index contributed by atoms with van der Waals surface area (Å²) >= 11 is 0. The van der Waals surface area contributed by atoms with E-state index < -0.39 is 0 Å². The van der Waals surface area contributed by atoms with E-state index in [1.807, 2.05) is 6.07 Å². The Morgan fingerprint density at radius 2 is 2.00 bits per heavy atom. The summed E-state index contributed by atoms with van der Waals surface area (Å²) in [6.45, 7) is 3.13. The largest absolute Gasteiger partial charge is 0.308 e. The molecule has 112 valence electrons. The maximum atomic E-state index is 13.4. The molecule has 0 amide bonds. The highest BCUT2D eigenvalue weighted by molar-refractivity contribution is 5.20. The van der Waals surface area contributed by atoms with E-state index in [-0.39, 0.29) is 17.4 Å². The van der Waals surface area contributed by atoms with Crippen molar-refractivity contribution in [3.63, 3.8) is 0 Å². The molecule has 1 unspecified atom stereocenters. The SMILES string of the molecule is CCC(NCC1(N(C)C)CCCC1)c1cccc(F)c1. The Hall–Kier alpha value is -0.930. The second-order valence-corrected chi connectivity index (χ2v) is 6.22. The first kappa shape index (κ1) is 15.5. The van der Waals surface area contributed by atoms with Crippen LogP contribution in [0, 0.1) is 5.82 Å². The van der Waals surface area contributed by atoms with Crippen molar-refractivity contribution in [1.82, 2.24) is 10.2 Å². The normalized spacial score (nSPS) is 19.4. The minimum Gasteiger partial charge on any atom is -0.308 e. The maximum Gasteiger partial charge on any atom is 0.123 e. The molecule has 0 bridgehead atoms. The van der Waals surface area contributed by atoms with Gasteiger partial charge in [-0.15, -0.1) is 0 Å². The summed E-state index contributed by atoms with van der Waals surface area (Å²) in [5.74, 6) is -0.147. The first-order valence-electron chi connectivity index (χ1n) is 7.74. The number of rotatable bonds is 6. The van der Waals surface area contributed by atoms with Gasteiger partial charge in [-0.25, -0.2) is 4.39 Å². The van der Waals surface area contributed by atoms with E-state index in [2.05, 4.69) is 31.2 Å². The molecule has 0 aromatic heterocycles. The Morgan fingerprint density at radius 3 is 2.55 bits per heavy atom. The lowest BCUT2D eigenvalue weighted by atomic mass is 9.94. The van der Waals surface area contributed by atoms with Crippen molar-refractivity contribution in [2.75, 3.05) is 20.6 Å². The second-order valence-electron chi connectivity index (χ2n) is 6.22. The van der Waals surface area contributed by atoms with E-state index in [9.17, 15) is 4.39 Å². The summed E-state index contributed by atoms with van der Waals surface area (Å²) in [7, 11) is 4.35. The first-order chi connectivity index (χ1) is 9.57. The van der Waals surface area contributed by atoms with Crippen LogP contribution in [0.5, 0.6) is 0 Å². The highest BCUT2D eigenvalue weighted by Gasteiger charge is 2.36. The number of hydrogen-bond acceptors (Lipinski definition) is 2. The van der Waals surface area contributed by atoms with Crippen molar-refractivity contribution in [2.45, 2.75) is 50.6 Å². The topological polar surface area (TPSA) is 15.3 Å². The number of nitrogens with zero attached hydrogens (tertiary/aromatic N) is 1. The fraction of sp³-hybridized carbons (Fsp3) is 0.647. The Bertz CT molecular complexity index is 425. The van der Waals surface area contributed by atoms with Crippen molar-refractivity contribution in [3.05, 3.63) is 35.6 Å². The van der Waals surface area contributed by atoms with Gasteiger partial charge in [0.2, 0.25) is 0 Å². The van der Waals surface area contributed by atoms with Crippen LogP contribution in [0.25, 0.3) is 0 Å². The Balaban J connectivity index is 2.03. The molecule has 1 fully saturated rings. The standard InChI is InChI=1S/C17H27FN2/c1-4-16(14-8-7-9-15(18)12-14)19-13-17(20(2)3)10-5-6-11-17/h7-9,12,16,19H,4-6,10-11,13H2,1-3H3. The van der Waals surface area contributed by atoms with Crippen molar-refractivity contribution in [1.29, 1.82) is 0 Å². The summed E-state index contributed by atoms with van der Waals surface area (Å²) in [4.78, 5) is 2.37. The summed E-state index contributed by atoms with van der Waals surface area (Å²) < 4.78 is 13.4. The third-order valence-electron chi connectivity index (χ3n) is 4.82. The fourth-order valence-electron chi connectivity index (χ4n) is 3.35. The molecule has 0 aliphatic heterocycles. The number of benzene rings is 1. The lowest BCUT2D eigenvalue weighted by molar-refractivity contribution is 0.148. The van der Waals surface area contributed by atoms with E-state index in [0.717, 1.165) is 18.5 Å². The van der Waals surface area contributed by atoms with E-state index in [1.54, 1.807) is 12.1 Å². The highest BCUT2D eigenvalue weighted by atomic mass is 19.1. The highest BCUT2D eigenvalue weighted by Crippen LogP contribution is 2.34. The van der Waals surface area contributed by atoms with Gasteiger partial charge in [-0.3, -0.25) is 0 Å². The quantitative estimate of drug-likeness (QED) is 0.852. The van der Waals surface area contributed by atoms with Crippen LogP contribution in [0.15, 0.2) is 24.3 Å². The van der Waals surface area contributed by atoms with Crippen LogP contribution in [0.2, 0.25) is 0 Å². The molecule has 0 saturated heterocycles. The summed E-state index contributed by atoms with van der Waals surface area (Å²) in [5, 5.41) is 3.67. The first-order valence-corrected chi connectivity index (χ1v) is 7.74. The van der Waals surface area contributed by atoms with Crippen molar-refractivity contribution in [2.24, 2.45) is 0 Å². The maximum absolute atomic E-state index is 13.4. The van der Waals surface area contributed by atoms with E-state index in [0.29, 0.717) is 0 Å². The van der Waals surface area contributed by atoms with Gasteiger partial charge in [0.15, 0.2) is 0 Å². The predicted molar refractivity (Wildman–Crippen MR) is 82.3 cm³/mol. The average molecular weight is 278 g/mol.